The molecule has 0 saturated carbocycles. The molecule has 0 N–H and O–H groups in total. The zero-order chi connectivity index (χ0) is 21.2. The molecule has 1 aliphatic heterocycles. The van der Waals surface area contributed by atoms with Crippen molar-refractivity contribution in [3.8, 4) is 22.1 Å². The minimum absolute atomic E-state index is 0.162. The number of aromatic nitrogens is 2. The van der Waals surface area contributed by atoms with Crippen molar-refractivity contribution in [1.29, 1.82) is 0 Å². The van der Waals surface area contributed by atoms with Crippen LogP contribution in [0.1, 0.15) is 27.8 Å². The molecule has 1 atom stereocenters. The minimum atomic E-state index is -0.861. The van der Waals surface area contributed by atoms with E-state index in [9.17, 15) is 9.18 Å². The van der Waals surface area contributed by atoms with Gasteiger partial charge in [0.05, 0.1) is 5.69 Å². The van der Waals surface area contributed by atoms with Crippen LogP contribution in [0.3, 0.4) is 0 Å². The Bertz CT molecular complexity index is 1250. The summed E-state index contributed by atoms with van der Waals surface area (Å²) in [6.45, 7) is 0.184. The van der Waals surface area contributed by atoms with Crippen molar-refractivity contribution in [2.75, 3.05) is 6.79 Å². The smallest absolute Gasteiger partial charge is 0.358 e. The Labute approximate surface area is 180 Å². The Morgan fingerprint density at radius 2 is 1.97 bits per heavy atom. The first-order valence-corrected chi connectivity index (χ1v) is 10.3. The fraction of sp³-hybridized carbons (Fsp3) is 0.0870. The van der Waals surface area contributed by atoms with E-state index in [2.05, 4.69) is 9.97 Å². The zero-order valence-electron chi connectivity index (χ0n) is 16.0. The number of halogens is 1. The van der Waals surface area contributed by atoms with Gasteiger partial charge in [-0.05, 0) is 42.5 Å². The minimum Gasteiger partial charge on any atom is -0.454 e. The largest absolute Gasteiger partial charge is 0.454 e. The topological polar surface area (TPSA) is 70.5 Å². The molecule has 2 aromatic carbocycles. The molecule has 1 unspecified atom stereocenters. The number of fused-ring (bicyclic) bond motifs is 1. The molecule has 5 rings (SSSR count). The van der Waals surface area contributed by atoms with Gasteiger partial charge in [0.15, 0.2) is 23.3 Å². The third kappa shape index (κ3) is 3.97. The number of rotatable bonds is 5. The number of benzene rings is 2. The molecule has 0 aliphatic carbocycles. The Hall–Kier alpha value is -3.78. The molecule has 6 nitrogen and oxygen atoms in total. The highest BCUT2D eigenvalue weighted by molar-refractivity contribution is 7.13. The highest BCUT2D eigenvalue weighted by Crippen LogP contribution is 2.37. The first-order chi connectivity index (χ1) is 15.2. The van der Waals surface area contributed by atoms with Crippen LogP contribution in [0.2, 0.25) is 0 Å². The summed E-state index contributed by atoms with van der Waals surface area (Å²) in [5.41, 5.74) is 1.95. The average Bonchev–Trinajstić information content (AvgIpc) is 3.47. The van der Waals surface area contributed by atoms with E-state index in [1.807, 2.05) is 12.1 Å². The number of carbonyl (C=O) groups is 1. The Balaban J connectivity index is 1.41. The Morgan fingerprint density at radius 1 is 1.06 bits per heavy atom. The van der Waals surface area contributed by atoms with Crippen LogP contribution < -0.4 is 9.47 Å². The predicted octanol–water partition coefficient (Wildman–Crippen LogP) is 5.02. The number of ether oxygens (including phenoxy) is 3. The standard InChI is InChI=1S/C23H15FN2O4S/c24-16-5-3-4-14(10-16)21(17-6-1-2-9-25-17)30-23(27)18-12-31-22(26-18)15-7-8-19-20(11-15)29-13-28-19/h1-12,21H,13H2. The number of pyridine rings is 1. The summed E-state index contributed by atoms with van der Waals surface area (Å²) in [5, 5.41) is 2.27. The lowest BCUT2D eigenvalue weighted by Crippen LogP contribution is -2.14. The fourth-order valence-corrected chi connectivity index (χ4v) is 3.98. The van der Waals surface area contributed by atoms with Crippen molar-refractivity contribution in [2.45, 2.75) is 6.10 Å². The van der Waals surface area contributed by atoms with Crippen molar-refractivity contribution in [2.24, 2.45) is 0 Å². The van der Waals surface area contributed by atoms with Gasteiger partial charge in [-0.3, -0.25) is 4.98 Å². The van der Waals surface area contributed by atoms with Gasteiger partial charge in [-0.1, -0.05) is 18.2 Å². The number of esters is 1. The number of carbonyl (C=O) groups excluding carboxylic acids is 1. The number of hydrogen-bond acceptors (Lipinski definition) is 7. The predicted molar refractivity (Wildman–Crippen MR) is 112 cm³/mol. The van der Waals surface area contributed by atoms with Crippen LogP contribution in [-0.4, -0.2) is 22.7 Å². The maximum atomic E-state index is 13.8. The third-order valence-corrected chi connectivity index (χ3v) is 5.56. The molecule has 31 heavy (non-hydrogen) atoms. The van der Waals surface area contributed by atoms with E-state index in [0.717, 1.165) is 5.56 Å². The van der Waals surface area contributed by atoms with Gasteiger partial charge in [-0.15, -0.1) is 11.3 Å². The van der Waals surface area contributed by atoms with E-state index >= 15 is 0 Å². The van der Waals surface area contributed by atoms with Crippen molar-refractivity contribution in [1.82, 2.24) is 9.97 Å². The summed E-state index contributed by atoms with van der Waals surface area (Å²) < 4.78 is 30.2. The Kier molecular flexibility index (Phi) is 5.05. The zero-order valence-corrected chi connectivity index (χ0v) is 16.8. The second-order valence-electron chi connectivity index (χ2n) is 6.70. The molecule has 0 spiro atoms. The summed E-state index contributed by atoms with van der Waals surface area (Å²) in [6.07, 6.45) is 0.732. The molecule has 0 radical (unpaired) electrons. The highest BCUT2D eigenvalue weighted by atomic mass is 32.1. The maximum absolute atomic E-state index is 13.8. The molecule has 8 heteroatoms. The molecule has 0 bridgehead atoms. The van der Waals surface area contributed by atoms with E-state index in [4.69, 9.17) is 14.2 Å². The molecule has 1 aliphatic rings. The highest BCUT2D eigenvalue weighted by Gasteiger charge is 2.24. The molecular formula is C23H15FN2O4S. The summed E-state index contributed by atoms with van der Waals surface area (Å²) >= 11 is 1.31. The van der Waals surface area contributed by atoms with Crippen LogP contribution >= 0.6 is 11.3 Å². The first-order valence-electron chi connectivity index (χ1n) is 9.40. The molecule has 4 aromatic rings. The van der Waals surface area contributed by atoms with Crippen LogP contribution in [-0.2, 0) is 4.74 Å². The molecular weight excluding hydrogens is 419 g/mol. The van der Waals surface area contributed by atoms with Crippen LogP contribution in [0, 0.1) is 5.82 Å². The lowest BCUT2D eigenvalue weighted by Gasteiger charge is -2.17. The van der Waals surface area contributed by atoms with Gasteiger partial charge in [-0.25, -0.2) is 14.2 Å². The molecule has 0 fully saturated rings. The van der Waals surface area contributed by atoms with Crippen LogP contribution in [0.15, 0.2) is 72.2 Å². The van der Waals surface area contributed by atoms with Gasteiger partial charge >= 0.3 is 5.97 Å². The second kappa shape index (κ2) is 8.16. The summed E-state index contributed by atoms with van der Waals surface area (Å²) in [5.74, 6) is 0.266. The molecule has 0 amide bonds. The van der Waals surface area contributed by atoms with Gasteiger partial charge in [0.1, 0.15) is 10.8 Å². The normalized spacial score (nSPS) is 13.1. The maximum Gasteiger partial charge on any atom is 0.358 e. The van der Waals surface area contributed by atoms with E-state index in [0.29, 0.717) is 27.8 Å². The monoisotopic (exact) mass is 434 g/mol. The fourth-order valence-electron chi connectivity index (χ4n) is 3.20. The summed E-state index contributed by atoms with van der Waals surface area (Å²) in [4.78, 5) is 21.6. The van der Waals surface area contributed by atoms with Gasteiger partial charge in [0, 0.05) is 22.7 Å². The van der Waals surface area contributed by atoms with Crippen LogP contribution in [0.5, 0.6) is 11.5 Å². The van der Waals surface area contributed by atoms with Gasteiger partial charge in [0.2, 0.25) is 6.79 Å². The summed E-state index contributed by atoms with van der Waals surface area (Å²) in [7, 11) is 0. The van der Waals surface area contributed by atoms with Crippen LogP contribution in [0.25, 0.3) is 10.6 Å². The van der Waals surface area contributed by atoms with Crippen molar-refractivity contribution < 1.29 is 23.4 Å². The van der Waals surface area contributed by atoms with Gasteiger partial charge in [-0.2, -0.15) is 0 Å². The van der Waals surface area contributed by atoms with Crippen molar-refractivity contribution in [3.05, 3.63) is 95.0 Å². The van der Waals surface area contributed by atoms with E-state index < -0.39 is 17.9 Å². The quantitative estimate of drug-likeness (QED) is 0.411. The van der Waals surface area contributed by atoms with E-state index in [1.54, 1.807) is 48.0 Å². The van der Waals surface area contributed by atoms with Gasteiger partial charge in [0.25, 0.3) is 0 Å². The second-order valence-corrected chi connectivity index (χ2v) is 7.56. The SMILES string of the molecule is O=C(OC(c1cccc(F)c1)c1ccccn1)c1csc(-c2ccc3c(c2)OCO3)n1. The average molecular weight is 434 g/mol. The molecule has 0 saturated heterocycles. The third-order valence-electron chi connectivity index (χ3n) is 4.67. The van der Waals surface area contributed by atoms with E-state index in [1.165, 1.54) is 23.5 Å². The number of hydrogen-bond donors (Lipinski definition) is 0. The molecule has 2 aromatic heterocycles. The first kappa shape index (κ1) is 19.2. The lowest BCUT2D eigenvalue weighted by atomic mass is 10.1. The Morgan fingerprint density at radius 3 is 2.81 bits per heavy atom. The summed E-state index contributed by atoms with van der Waals surface area (Å²) in [6, 6.07) is 16.6. The van der Waals surface area contributed by atoms with Gasteiger partial charge < -0.3 is 14.2 Å². The number of nitrogens with zero attached hydrogens (tertiary/aromatic N) is 2. The van der Waals surface area contributed by atoms with Crippen molar-refractivity contribution >= 4 is 17.3 Å². The van der Waals surface area contributed by atoms with Crippen molar-refractivity contribution in [3.63, 3.8) is 0 Å². The molecule has 3 heterocycles. The lowest BCUT2D eigenvalue weighted by molar-refractivity contribution is 0.0364. The molecule has 154 valence electrons. The number of thiazole rings is 1. The van der Waals surface area contributed by atoms with E-state index in [-0.39, 0.29) is 12.5 Å². The van der Waals surface area contributed by atoms with Crippen LogP contribution in [0.4, 0.5) is 4.39 Å².